The van der Waals surface area contributed by atoms with Crippen LogP contribution in [0.25, 0.3) is 0 Å². The minimum atomic E-state index is -0.897. The van der Waals surface area contributed by atoms with Gasteiger partial charge in [0.25, 0.3) is 5.91 Å². The average Bonchev–Trinajstić information content (AvgIpc) is 2.86. The summed E-state index contributed by atoms with van der Waals surface area (Å²) in [4.78, 5) is 38.8. The summed E-state index contributed by atoms with van der Waals surface area (Å²) in [5.74, 6) is -0.529. The number of hydrogen-bond acceptors (Lipinski definition) is 3. The molecule has 1 saturated heterocycles. The molecule has 1 aromatic rings. The largest absolute Gasteiger partial charge is 0.325 e. The first-order valence-corrected chi connectivity index (χ1v) is 10.2. The van der Waals surface area contributed by atoms with Gasteiger partial charge in [-0.15, -0.1) is 0 Å². The van der Waals surface area contributed by atoms with Crippen LogP contribution in [0, 0.1) is 5.92 Å². The summed E-state index contributed by atoms with van der Waals surface area (Å²) in [6.07, 6.45) is 5.20. The molecule has 4 amide bonds. The molecular formula is C22H31N3O3. The lowest BCUT2D eigenvalue weighted by atomic mass is 9.75. The predicted octanol–water partition coefficient (Wildman–Crippen LogP) is 3.81. The van der Waals surface area contributed by atoms with Crippen molar-refractivity contribution in [3.63, 3.8) is 0 Å². The quantitative estimate of drug-likeness (QED) is 0.774. The van der Waals surface area contributed by atoms with E-state index in [-0.39, 0.29) is 29.7 Å². The summed E-state index contributed by atoms with van der Waals surface area (Å²) in [6, 6.07) is 7.16. The molecule has 2 fully saturated rings. The van der Waals surface area contributed by atoms with Gasteiger partial charge < -0.3 is 10.6 Å². The van der Waals surface area contributed by atoms with Gasteiger partial charge in [0.05, 0.1) is 0 Å². The fourth-order valence-corrected chi connectivity index (χ4v) is 4.21. The maximum atomic E-state index is 12.9. The van der Waals surface area contributed by atoms with Gasteiger partial charge in [-0.2, -0.15) is 0 Å². The molecule has 0 aromatic heterocycles. The molecule has 2 aliphatic rings. The fraction of sp³-hybridized carbons (Fsp3) is 0.591. The Labute approximate surface area is 167 Å². The molecular weight excluding hydrogens is 354 g/mol. The molecule has 2 N–H and O–H groups in total. The first-order chi connectivity index (χ1) is 13.1. The molecule has 6 heteroatoms. The van der Waals surface area contributed by atoms with Crippen molar-refractivity contribution < 1.29 is 14.4 Å². The number of nitrogens with one attached hydrogen (secondary N) is 2. The standard InChI is InChI=1S/C22H31N3O3/c1-21(2,3)15-10-12-17(13-11-15)23-18(26)14-25-19(27)22(4,24-20(25)28)16-8-6-5-7-9-16/h10-13,16H,5-9,14H2,1-4H3,(H,23,26)(H,24,28)/t22-/m0/s1. The Morgan fingerprint density at radius 1 is 1.14 bits per heavy atom. The second kappa shape index (κ2) is 7.57. The van der Waals surface area contributed by atoms with Crippen LogP contribution in [0.15, 0.2) is 24.3 Å². The van der Waals surface area contributed by atoms with Crippen molar-refractivity contribution in [2.24, 2.45) is 5.92 Å². The van der Waals surface area contributed by atoms with E-state index in [0.29, 0.717) is 5.69 Å². The number of rotatable bonds is 4. The highest BCUT2D eigenvalue weighted by Gasteiger charge is 2.52. The van der Waals surface area contributed by atoms with Crippen LogP contribution in [0.4, 0.5) is 10.5 Å². The molecule has 6 nitrogen and oxygen atoms in total. The highest BCUT2D eigenvalue weighted by molar-refractivity contribution is 6.10. The zero-order valence-electron chi connectivity index (χ0n) is 17.3. The zero-order valence-corrected chi connectivity index (χ0v) is 17.3. The number of amides is 4. The van der Waals surface area contributed by atoms with Gasteiger partial charge in [0.2, 0.25) is 5.91 Å². The number of anilines is 1. The first-order valence-electron chi connectivity index (χ1n) is 10.2. The van der Waals surface area contributed by atoms with Crippen LogP contribution in [-0.2, 0) is 15.0 Å². The Hall–Kier alpha value is -2.37. The van der Waals surface area contributed by atoms with Gasteiger partial charge in [-0.05, 0) is 48.8 Å². The Morgan fingerprint density at radius 2 is 1.75 bits per heavy atom. The van der Waals surface area contributed by atoms with E-state index in [1.807, 2.05) is 24.3 Å². The van der Waals surface area contributed by atoms with E-state index in [9.17, 15) is 14.4 Å². The molecule has 1 atom stereocenters. The van der Waals surface area contributed by atoms with Crippen molar-refractivity contribution in [1.29, 1.82) is 0 Å². The van der Waals surface area contributed by atoms with E-state index in [0.717, 1.165) is 30.6 Å². The smallest absolute Gasteiger partial charge is 0.325 e. The molecule has 3 rings (SSSR count). The Balaban J connectivity index is 1.63. The molecule has 1 aromatic carbocycles. The molecule has 0 bridgehead atoms. The van der Waals surface area contributed by atoms with Crippen LogP contribution in [0.3, 0.4) is 0 Å². The lowest BCUT2D eigenvalue weighted by molar-refractivity contribution is -0.135. The van der Waals surface area contributed by atoms with Crippen molar-refractivity contribution in [3.05, 3.63) is 29.8 Å². The van der Waals surface area contributed by atoms with Crippen LogP contribution in [0.5, 0.6) is 0 Å². The molecule has 0 radical (unpaired) electrons. The lowest BCUT2D eigenvalue weighted by Crippen LogP contribution is -2.51. The minimum absolute atomic E-state index is 0.0339. The highest BCUT2D eigenvalue weighted by atomic mass is 16.2. The van der Waals surface area contributed by atoms with E-state index < -0.39 is 11.6 Å². The van der Waals surface area contributed by atoms with Gasteiger partial charge in [-0.1, -0.05) is 52.2 Å². The van der Waals surface area contributed by atoms with E-state index >= 15 is 0 Å². The second-order valence-corrected chi connectivity index (χ2v) is 9.23. The number of nitrogens with zero attached hydrogens (tertiary/aromatic N) is 1. The summed E-state index contributed by atoms with van der Waals surface area (Å²) >= 11 is 0. The summed E-state index contributed by atoms with van der Waals surface area (Å²) < 4.78 is 0. The molecule has 0 spiro atoms. The van der Waals surface area contributed by atoms with Crippen LogP contribution < -0.4 is 10.6 Å². The van der Waals surface area contributed by atoms with Crippen LogP contribution >= 0.6 is 0 Å². The zero-order chi connectivity index (χ0) is 20.5. The third kappa shape index (κ3) is 4.05. The van der Waals surface area contributed by atoms with Gasteiger partial charge in [-0.25, -0.2) is 4.79 Å². The Kier molecular flexibility index (Phi) is 5.50. The first kappa shape index (κ1) is 20.4. The van der Waals surface area contributed by atoms with Crippen LogP contribution in [-0.4, -0.2) is 34.8 Å². The number of hydrogen-bond donors (Lipinski definition) is 2. The van der Waals surface area contributed by atoms with Crippen molar-refractivity contribution >= 4 is 23.5 Å². The number of benzene rings is 1. The van der Waals surface area contributed by atoms with E-state index in [4.69, 9.17) is 0 Å². The van der Waals surface area contributed by atoms with Crippen molar-refractivity contribution in [3.8, 4) is 0 Å². The topological polar surface area (TPSA) is 78.5 Å². The van der Waals surface area contributed by atoms with E-state index in [1.54, 1.807) is 6.92 Å². The predicted molar refractivity (Wildman–Crippen MR) is 109 cm³/mol. The third-order valence-electron chi connectivity index (χ3n) is 6.06. The normalized spacial score (nSPS) is 23.6. The summed E-state index contributed by atoms with van der Waals surface area (Å²) in [5.41, 5.74) is 0.959. The molecule has 1 heterocycles. The molecule has 28 heavy (non-hydrogen) atoms. The molecule has 1 aliphatic heterocycles. The van der Waals surface area contributed by atoms with Gasteiger partial charge >= 0.3 is 6.03 Å². The number of imide groups is 1. The highest BCUT2D eigenvalue weighted by Crippen LogP contribution is 2.36. The van der Waals surface area contributed by atoms with E-state index in [1.165, 1.54) is 12.0 Å². The monoisotopic (exact) mass is 385 g/mol. The van der Waals surface area contributed by atoms with Gasteiger partial charge in [-0.3, -0.25) is 14.5 Å². The molecule has 1 aliphatic carbocycles. The lowest BCUT2D eigenvalue weighted by Gasteiger charge is -2.34. The van der Waals surface area contributed by atoms with Crippen LogP contribution in [0.1, 0.15) is 65.4 Å². The maximum absolute atomic E-state index is 12.9. The second-order valence-electron chi connectivity index (χ2n) is 9.23. The Morgan fingerprint density at radius 3 is 2.32 bits per heavy atom. The average molecular weight is 386 g/mol. The van der Waals surface area contributed by atoms with Gasteiger partial charge in [0.1, 0.15) is 12.1 Å². The summed E-state index contributed by atoms with van der Waals surface area (Å²) in [6.45, 7) is 7.91. The maximum Gasteiger partial charge on any atom is 0.325 e. The van der Waals surface area contributed by atoms with Crippen LogP contribution in [0.2, 0.25) is 0 Å². The number of urea groups is 1. The SMILES string of the molecule is CC(C)(C)c1ccc(NC(=O)CN2C(=O)N[C@@](C)(C3CCCCC3)C2=O)cc1. The Bertz CT molecular complexity index is 760. The molecule has 0 unspecified atom stereocenters. The van der Waals surface area contributed by atoms with Crippen molar-refractivity contribution in [2.75, 3.05) is 11.9 Å². The van der Waals surface area contributed by atoms with Gasteiger partial charge in [0, 0.05) is 5.69 Å². The fourth-order valence-electron chi connectivity index (χ4n) is 4.21. The number of carbonyl (C=O) groups is 3. The van der Waals surface area contributed by atoms with Crippen molar-refractivity contribution in [2.45, 2.75) is 70.8 Å². The summed E-state index contributed by atoms with van der Waals surface area (Å²) in [7, 11) is 0. The minimum Gasteiger partial charge on any atom is -0.325 e. The van der Waals surface area contributed by atoms with E-state index in [2.05, 4.69) is 31.4 Å². The molecule has 1 saturated carbocycles. The van der Waals surface area contributed by atoms with Gasteiger partial charge in [0.15, 0.2) is 0 Å². The van der Waals surface area contributed by atoms with Crippen molar-refractivity contribution in [1.82, 2.24) is 10.2 Å². The third-order valence-corrected chi connectivity index (χ3v) is 6.06. The number of carbonyl (C=O) groups excluding carboxylic acids is 3. The molecule has 152 valence electrons. The summed E-state index contributed by atoms with van der Waals surface area (Å²) in [5, 5.41) is 5.63.